The van der Waals surface area contributed by atoms with E-state index in [9.17, 15) is 4.79 Å². The number of rotatable bonds is 4. The molecule has 0 saturated carbocycles. The van der Waals surface area contributed by atoms with Gasteiger partial charge in [0.05, 0.1) is 0 Å². The third kappa shape index (κ3) is 5.40. The van der Waals surface area contributed by atoms with Gasteiger partial charge >= 0.3 is 6.09 Å². The second kappa shape index (κ2) is 6.57. The second-order valence-electron chi connectivity index (χ2n) is 5.62. The molecule has 1 amide bonds. The molecule has 0 aromatic carbocycles. The van der Waals surface area contributed by atoms with Crippen molar-refractivity contribution in [2.45, 2.75) is 45.3 Å². The molecule has 1 saturated heterocycles. The summed E-state index contributed by atoms with van der Waals surface area (Å²) in [7, 11) is 0. The van der Waals surface area contributed by atoms with Crippen molar-refractivity contribution in [3.63, 3.8) is 0 Å². The van der Waals surface area contributed by atoms with Gasteiger partial charge in [-0.25, -0.2) is 4.79 Å². The highest BCUT2D eigenvalue weighted by Crippen LogP contribution is 2.20. The number of nitrogens with one attached hydrogen (secondary N) is 1. The summed E-state index contributed by atoms with van der Waals surface area (Å²) in [5, 5.41) is 3.28. The van der Waals surface area contributed by atoms with Crippen molar-refractivity contribution in [3.8, 4) is 0 Å². The van der Waals surface area contributed by atoms with Gasteiger partial charge in [0.2, 0.25) is 0 Å². The lowest BCUT2D eigenvalue weighted by Crippen LogP contribution is -2.44. The molecule has 0 bridgehead atoms. The predicted molar refractivity (Wildman–Crippen MR) is 76.9 cm³/mol. The third-order valence-corrected chi connectivity index (χ3v) is 2.98. The summed E-state index contributed by atoms with van der Waals surface area (Å²) >= 11 is 3.31. The van der Waals surface area contributed by atoms with Gasteiger partial charge < -0.3 is 15.0 Å². The molecule has 0 aliphatic carbocycles. The summed E-state index contributed by atoms with van der Waals surface area (Å²) in [5.41, 5.74) is -0.429. The Kier molecular flexibility index (Phi) is 5.66. The molecule has 1 aliphatic rings. The summed E-state index contributed by atoms with van der Waals surface area (Å²) in [6.07, 6.45) is 1.87. The van der Waals surface area contributed by atoms with Gasteiger partial charge in [-0.2, -0.15) is 0 Å². The predicted octanol–water partition coefficient (Wildman–Crippen LogP) is 2.88. The fraction of sp³-hybridized carbons (Fsp3) is 0.769. The summed E-state index contributed by atoms with van der Waals surface area (Å²) in [6, 6.07) is 0.228. The Morgan fingerprint density at radius 3 is 2.78 bits per heavy atom. The fourth-order valence-corrected chi connectivity index (χ4v) is 2.18. The Morgan fingerprint density at radius 1 is 1.56 bits per heavy atom. The van der Waals surface area contributed by atoms with Crippen LogP contribution in [-0.2, 0) is 4.74 Å². The van der Waals surface area contributed by atoms with Crippen LogP contribution in [0.5, 0.6) is 0 Å². The molecule has 0 radical (unpaired) electrons. The van der Waals surface area contributed by atoms with E-state index in [1.165, 1.54) is 0 Å². The molecule has 0 spiro atoms. The molecule has 0 aromatic heterocycles. The zero-order valence-electron chi connectivity index (χ0n) is 11.5. The van der Waals surface area contributed by atoms with Crippen LogP contribution in [0.2, 0.25) is 0 Å². The van der Waals surface area contributed by atoms with E-state index in [1.54, 1.807) is 0 Å². The minimum atomic E-state index is -0.429. The van der Waals surface area contributed by atoms with E-state index in [2.05, 4.69) is 27.8 Å². The largest absolute Gasteiger partial charge is 0.444 e. The highest BCUT2D eigenvalue weighted by molar-refractivity contribution is 9.11. The van der Waals surface area contributed by atoms with Gasteiger partial charge in [0.1, 0.15) is 5.60 Å². The van der Waals surface area contributed by atoms with E-state index in [-0.39, 0.29) is 12.1 Å². The Bertz CT molecular complexity index is 313. The van der Waals surface area contributed by atoms with Crippen molar-refractivity contribution in [1.29, 1.82) is 0 Å². The van der Waals surface area contributed by atoms with E-state index in [0.717, 1.165) is 37.0 Å². The van der Waals surface area contributed by atoms with E-state index < -0.39 is 5.60 Å². The topological polar surface area (TPSA) is 41.6 Å². The van der Waals surface area contributed by atoms with Gasteiger partial charge in [0, 0.05) is 30.2 Å². The van der Waals surface area contributed by atoms with Crippen LogP contribution in [0.1, 0.15) is 33.6 Å². The van der Waals surface area contributed by atoms with Gasteiger partial charge in [-0.15, -0.1) is 0 Å². The van der Waals surface area contributed by atoms with Crippen molar-refractivity contribution in [3.05, 3.63) is 11.1 Å². The molecule has 1 fully saturated rings. The van der Waals surface area contributed by atoms with Gasteiger partial charge in [0.15, 0.2) is 0 Å². The van der Waals surface area contributed by atoms with E-state index in [0.29, 0.717) is 0 Å². The molecule has 5 heteroatoms. The van der Waals surface area contributed by atoms with Crippen LogP contribution in [0.3, 0.4) is 0 Å². The zero-order chi connectivity index (χ0) is 13.8. The molecule has 1 atom stereocenters. The molecule has 104 valence electrons. The lowest BCUT2D eigenvalue weighted by atomic mass is 10.2. The van der Waals surface area contributed by atoms with Gasteiger partial charge in [-0.05, 0) is 33.6 Å². The van der Waals surface area contributed by atoms with E-state index in [4.69, 9.17) is 4.74 Å². The average Bonchev–Trinajstić information content (AvgIpc) is 2.62. The van der Waals surface area contributed by atoms with Crippen LogP contribution < -0.4 is 5.32 Å². The highest BCUT2D eigenvalue weighted by atomic mass is 79.9. The van der Waals surface area contributed by atoms with Gasteiger partial charge in [0.25, 0.3) is 0 Å². The smallest absolute Gasteiger partial charge is 0.410 e. The number of carbonyl (C=O) groups excluding carboxylic acids is 1. The first kappa shape index (κ1) is 15.5. The molecule has 0 aromatic rings. The Balaban J connectivity index is 2.43. The summed E-state index contributed by atoms with van der Waals surface area (Å²) in [5.74, 6) is 0. The third-order valence-electron chi connectivity index (χ3n) is 2.70. The summed E-state index contributed by atoms with van der Waals surface area (Å²) in [4.78, 5) is 13.8. The quantitative estimate of drug-likeness (QED) is 0.866. The first-order valence-corrected chi connectivity index (χ1v) is 7.12. The first-order valence-electron chi connectivity index (χ1n) is 6.33. The Labute approximate surface area is 118 Å². The number of hydrogen-bond acceptors (Lipinski definition) is 3. The Morgan fingerprint density at radius 2 is 2.22 bits per heavy atom. The van der Waals surface area contributed by atoms with Gasteiger partial charge in [-0.3, -0.25) is 0 Å². The van der Waals surface area contributed by atoms with Gasteiger partial charge in [-0.1, -0.05) is 22.5 Å². The number of ether oxygens (including phenoxy) is 1. The number of likely N-dealkylation sites (tertiary alicyclic amines) is 1. The monoisotopic (exact) mass is 318 g/mol. The lowest BCUT2D eigenvalue weighted by molar-refractivity contribution is 0.0227. The van der Waals surface area contributed by atoms with Crippen LogP contribution >= 0.6 is 15.9 Å². The molecule has 4 nitrogen and oxygen atoms in total. The normalized spacial score (nSPS) is 20.0. The lowest BCUT2D eigenvalue weighted by Gasteiger charge is -2.28. The molecular weight excluding hydrogens is 296 g/mol. The van der Waals surface area contributed by atoms with Crippen molar-refractivity contribution in [2.24, 2.45) is 0 Å². The number of carbonyl (C=O) groups is 1. The zero-order valence-corrected chi connectivity index (χ0v) is 13.0. The molecule has 1 unspecified atom stereocenters. The van der Waals surface area contributed by atoms with Crippen LogP contribution in [0.25, 0.3) is 0 Å². The molecule has 1 N–H and O–H groups in total. The Hall–Kier alpha value is -0.550. The minimum Gasteiger partial charge on any atom is -0.444 e. The van der Waals surface area contributed by atoms with Crippen LogP contribution in [0.15, 0.2) is 11.1 Å². The van der Waals surface area contributed by atoms with E-state index in [1.807, 2.05) is 25.7 Å². The number of amides is 1. The van der Waals surface area contributed by atoms with Crippen LogP contribution in [0, 0.1) is 0 Å². The SMILES string of the molecule is C=C(Br)CNCC1CCCN1C(=O)OC(C)(C)C. The maximum atomic E-state index is 12.0. The van der Waals surface area contributed by atoms with Crippen LogP contribution in [0.4, 0.5) is 4.79 Å². The number of halogens is 1. The standard InChI is InChI=1S/C13H23BrN2O2/c1-10(14)8-15-9-11-6-5-7-16(11)12(17)18-13(2,3)4/h11,15H,1,5-9H2,2-4H3. The maximum absolute atomic E-state index is 12.0. The second-order valence-corrected chi connectivity index (χ2v) is 6.74. The molecule has 1 aliphatic heterocycles. The molecule has 1 rings (SSSR count). The van der Waals surface area contributed by atoms with Crippen LogP contribution in [-0.4, -0.2) is 42.3 Å². The summed E-state index contributed by atoms with van der Waals surface area (Å²) in [6.45, 7) is 11.7. The first-order chi connectivity index (χ1) is 8.29. The minimum absolute atomic E-state index is 0.204. The average molecular weight is 319 g/mol. The molecule has 1 heterocycles. The number of nitrogens with zero attached hydrogens (tertiary/aromatic N) is 1. The fourth-order valence-electron chi connectivity index (χ4n) is 1.98. The van der Waals surface area contributed by atoms with Crippen molar-refractivity contribution in [2.75, 3.05) is 19.6 Å². The summed E-state index contributed by atoms with van der Waals surface area (Å²) < 4.78 is 6.33. The highest BCUT2D eigenvalue weighted by Gasteiger charge is 2.31. The van der Waals surface area contributed by atoms with E-state index >= 15 is 0 Å². The van der Waals surface area contributed by atoms with Crippen molar-refractivity contribution < 1.29 is 9.53 Å². The molecule has 18 heavy (non-hydrogen) atoms. The van der Waals surface area contributed by atoms with Crippen molar-refractivity contribution >= 4 is 22.0 Å². The maximum Gasteiger partial charge on any atom is 0.410 e. The number of hydrogen-bond donors (Lipinski definition) is 1. The molecular formula is C13H23BrN2O2. The van der Waals surface area contributed by atoms with Crippen molar-refractivity contribution in [1.82, 2.24) is 10.2 Å².